The van der Waals surface area contributed by atoms with Crippen LogP contribution < -0.4 is 14.8 Å². The fraction of sp³-hybridized carbons (Fsp3) is 0.267. The average Bonchev–Trinajstić information content (AvgIpc) is 2.45. The molecule has 20 heavy (non-hydrogen) atoms. The number of aromatic nitrogens is 1. The van der Waals surface area contributed by atoms with Crippen LogP contribution in [0.2, 0.25) is 5.02 Å². The van der Waals surface area contributed by atoms with Crippen LogP contribution in [0.5, 0.6) is 17.4 Å². The second kappa shape index (κ2) is 7.12. The van der Waals surface area contributed by atoms with Gasteiger partial charge in [-0.25, -0.2) is 4.98 Å². The van der Waals surface area contributed by atoms with Gasteiger partial charge in [0.05, 0.1) is 11.6 Å². The number of hydrogen-bond acceptors (Lipinski definition) is 4. The molecule has 0 aliphatic heterocycles. The van der Waals surface area contributed by atoms with E-state index < -0.39 is 0 Å². The second-order valence-electron chi connectivity index (χ2n) is 4.15. The van der Waals surface area contributed by atoms with Crippen LogP contribution in [0.3, 0.4) is 0 Å². The number of nitrogens with zero attached hydrogens (tertiary/aromatic N) is 1. The highest BCUT2D eigenvalue weighted by Crippen LogP contribution is 2.25. The predicted molar refractivity (Wildman–Crippen MR) is 79.7 cm³/mol. The molecule has 2 rings (SSSR count). The molecular formula is C15H17ClN2O2. The molecule has 0 aliphatic carbocycles. The molecule has 5 heteroatoms. The van der Waals surface area contributed by atoms with Gasteiger partial charge in [0.2, 0.25) is 5.88 Å². The van der Waals surface area contributed by atoms with Crippen molar-refractivity contribution in [3.63, 3.8) is 0 Å². The quantitative estimate of drug-likeness (QED) is 0.882. The standard InChI is InChI=1S/C15H17ClN2O2/c1-3-19-12-4-6-13(7-5-12)20-15-8-11(9-17-2)14(16)10-18-15/h4-8,10,17H,3,9H2,1-2H3. The molecule has 1 aromatic heterocycles. The molecule has 0 radical (unpaired) electrons. The number of hydrogen-bond donors (Lipinski definition) is 1. The van der Waals surface area contributed by atoms with Gasteiger partial charge in [-0.1, -0.05) is 11.6 Å². The van der Waals surface area contributed by atoms with Gasteiger partial charge in [-0.15, -0.1) is 0 Å². The van der Waals surface area contributed by atoms with E-state index in [4.69, 9.17) is 21.1 Å². The van der Waals surface area contributed by atoms with Gasteiger partial charge < -0.3 is 14.8 Å². The molecule has 106 valence electrons. The van der Waals surface area contributed by atoms with Crippen molar-refractivity contribution in [1.82, 2.24) is 10.3 Å². The first-order valence-electron chi connectivity index (χ1n) is 6.42. The molecule has 1 aromatic carbocycles. The van der Waals surface area contributed by atoms with E-state index in [1.54, 1.807) is 6.20 Å². The summed E-state index contributed by atoms with van der Waals surface area (Å²) in [5, 5.41) is 3.68. The number of benzene rings is 1. The summed E-state index contributed by atoms with van der Waals surface area (Å²) in [5.41, 5.74) is 0.949. The van der Waals surface area contributed by atoms with Crippen molar-refractivity contribution < 1.29 is 9.47 Å². The minimum atomic E-state index is 0.517. The van der Waals surface area contributed by atoms with E-state index in [-0.39, 0.29) is 0 Å². The highest BCUT2D eigenvalue weighted by atomic mass is 35.5. The van der Waals surface area contributed by atoms with E-state index >= 15 is 0 Å². The maximum Gasteiger partial charge on any atom is 0.219 e. The molecule has 0 amide bonds. The number of pyridine rings is 1. The normalized spacial score (nSPS) is 10.3. The lowest BCUT2D eigenvalue weighted by Crippen LogP contribution is -2.06. The Morgan fingerprint density at radius 1 is 1.20 bits per heavy atom. The molecule has 0 saturated carbocycles. The molecule has 4 nitrogen and oxygen atoms in total. The first kappa shape index (κ1) is 14.6. The van der Waals surface area contributed by atoms with Crippen LogP contribution in [0.1, 0.15) is 12.5 Å². The molecule has 0 aliphatic rings. The van der Waals surface area contributed by atoms with E-state index in [0.717, 1.165) is 11.3 Å². The van der Waals surface area contributed by atoms with Gasteiger partial charge in [-0.2, -0.15) is 0 Å². The maximum atomic E-state index is 6.06. The van der Waals surface area contributed by atoms with Crippen LogP contribution in [0.25, 0.3) is 0 Å². The lowest BCUT2D eigenvalue weighted by molar-refractivity contribution is 0.339. The zero-order chi connectivity index (χ0) is 14.4. The molecule has 1 heterocycles. The van der Waals surface area contributed by atoms with Crippen LogP contribution in [-0.2, 0) is 6.54 Å². The fourth-order valence-corrected chi connectivity index (χ4v) is 1.90. The maximum absolute atomic E-state index is 6.06. The third kappa shape index (κ3) is 3.85. The number of nitrogens with one attached hydrogen (secondary N) is 1. The number of rotatable bonds is 6. The monoisotopic (exact) mass is 292 g/mol. The minimum Gasteiger partial charge on any atom is -0.494 e. The largest absolute Gasteiger partial charge is 0.494 e. The SMILES string of the molecule is CCOc1ccc(Oc2cc(CNC)c(Cl)cn2)cc1. The molecule has 1 N–H and O–H groups in total. The van der Waals surface area contributed by atoms with Gasteiger partial charge in [0.25, 0.3) is 0 Å². The molecule has 0 bridgehead atoms. The Morgan fingerprint density at radius 2 is 1.90 bits per heavy atom. The van der Waals surface area contributed by atoms with E-state index in [2.05, 4.69) is 10.3 Å². The van der Waals surface area contributed by atoms with Crippen LogP contribution in [0.4, 0.5) is 0 Å². The number of halogens is 1. The Bertz CT molecular complexity index is 558. The Balaban J connectivity index is 2.11. The Kier molecular flexibility index (Phi) is 5.21. The molecule has 2 aromatic rings. The van der Waals surface area contributed by atoms with E-state index in [1.165, 1.54) is 0 Å². The molecule has 0 atom stereocenters. The van der Waals surface area contributed by atoms with Gasteiger partial charge in [-0.3, -0.25) is 0 Å². The summed E-state index contributed by atoms with van der Waals surface area (Å²) in [7, 11) is 1.86. The Hall–Kier alpha value is -1.78. The number of ether oxygens (including phenoxy) is 2. The highest BCUT2D eigenvalue weighted by molar-refractivity contribution is 6.31. The van der Waals surface area contributed by atoms with Crippen molar-refractivity contribution in [1.29, 1.82) is 0 Å². The second-order valence-corrected chi connectivity index (χ2v) is 4.56. The van der Waals surface area contributed by atoms with Crippen molar-refractivity contribution in [3.8, 4) is 17.4 Å². The van der Waals surface area contributed by atoms with Crippen molar-refractivity contribution in [2.24, 2.45) is 0 Å². The van der Waals surface area contributed by atoms with Crippen molar-refractivity contribution in [3.05, 3.63) is 47.1 Å². The van der Waals surface area contributed by atoms with Gasteiger partial charge in [0.1, 0.15) is 11.5 Å². The lowest BCUT2D eigenvalue weighted by atomic mass is 10.2. The zero-order valence-electron chi connectivity index (χ0n) is 11.5. The van der Waals surface area contributed by atoms with Crippen molar-refractivity contribution >= 4 is 11.6 Å². The average molecular weight is 293 g/mol. The van der Waals surface area contributed by atoms with E-state index in [0.29, 0.717) is 29.8 Å². The van der Waals surface area contributed by atoms with Gasteiger partial charge >= 0.3 is 0 Å². The minimum absolute atomic E-state index is 0.517. The molecule has 0 spiro atoms. The molecule has 0 fully saturated rings. The predicted octanol–water partition coefficient (Wildman–Crippen LogP) is 3.65. The molecular weight excluding hydrogens is 276 g/mol. The summed E-state index contributed by atoms with van der Waals surface area (Å²) >= 11 is 6.06. The van der Waals surface area contributed by atoms with Gasteiger partial charge in [0, 0.05) is 18.8 Å². The van der Waals surface area contributed by atoms with E-state index in [1.807, 2.05) is 44.3 Å². The van der Waals surface area contributed by atoms with Crippen LogP contribution in [-0.4, -0.2) is 18.6 Å². The third-order valence-corrected chi connectivity index (χ3v) is 2.97. The fourth-order valence-electron chi connectivity index (χ4n) is 1.73. The zero-order valence-corrected chi connectivity index (χ0v) is 12.3. The van der Waals surface area contributed by atoms with E-state index in [9.17, 15) is 0 Å². The van der Waals surface area contributed by atoms with Gasteiger partial charge in [-0.05, 0) is 43.8 Å². The lowest BCUT2D eigenvalue weighted by Gasteiger charge is -2.09. The summed E-state index contributed by atoms with van der Waals surface area (Å²) in [6, 6.07) is 9.25. The third-order valence-electron chi connectivity index (χ3n) is 2.63. The summed E-state index contributed by atoms with van der Waals surface area (Å²) < 4.78 is 11.1. The molecule has 0 saturated heterocycles. The van der Waals surface area contributed by atoms with Crippen molar-refractivity contribution in [2.45, 2.75) is 13.5 Å². The first-order chi connectivity index (χ1) is 9.72. The van der Waals surface area contributed by atoms with Crippen LogP contribution in [0.15, 0.2) is 36.5 Å². The summed E-state index contributed by atoms with van der Waals surface area (Å²) in [6.45, 7) is 3.26. The summed E-state index contributed by atoms with van der Waals surface area (Å²) in [4.78, 5) is 4.16. The smallest absolute Gasteiger partial charge is 0.219 e. The van der Waals surface area contributed by atoms with Crippen LogP contribution in [0, 0.1) is 0 Å². The molecule has 0 unspecified atom stereocenters. The first-order valence-corrected chi connectivity index (χ1v) is 6.80. The topological polar surface area (TPSA) is 43.4 Å². The summed E-state index contributed by atoms with van der Waals surface area (Å²) in [5.74, 6) is 2.04. The van der Waals surface area contributed by atoms with Gasteiger partial charge in [0.15, 0.2) is 0 Å². The summed E-state index contributed by atoms with van der Waals surface area (Å²) in [6.07, 6.45) is 1.60. The van der Waals surface area contributed by atoms with Crippen LogP contribution >= 0.6 is 11.6 Å². The Labute approximate surface area is 123 Å². The Morgan fingerprint density at radius 3 is 2.55 bits per heavy atom. The van der Waals surface area contributed by atoms with Crippen molar-refractivity contribution in [2.75, 3.05) is 13.7 Å². The highest BCUT2D eigenvalue weighted by Gasteiger charge is 2.05.